The van der Waals surface area contributed by atoms with Crippen molar-refractivity contribution in [2.24, 2.45) is 0 Å². The van der Waals surface area contributed by atoms with Crippen LogP contribution in [0, 0.1) is 34.6 Å². The Balaban J connectivity index is 0.000000235. The molecule has 0 amide bonds. The van der Waals surface area contributed by atoms with Crippen LogP contribution in [0.3, 0.4) is 0 Å². The van der Waals surface area contributed by atoms with Crippen molar-refractivity contribution in [2.75, 3.05) is 0 Å². The average Bonchev–Trinajstić information content (AvgIpc) is 3.32. The number of hydrogen-bond acceptors (Lipinski definition) is 6. The third-order valence-corrected chi connectivity index (χ3v) is 5.39. The van der Waals surface area contributed by atoms with Gasteiger partial charge in [-0.05, 0) is 73.9 Å². The highest BCUT2D eigenvalue weighted by atomic mass is 32.1. The average molecular weight is 477 g/mol. The van der Waals surface area contributed by atoms with Gasteiger partial charge in [0.05, 0.1) is 6.26 Å². The molecule has 3 heterocycles. The molecule has 0 aromatic carbocycles. The van der Waals surface area contributed by atoms with Crippen molar-refractivity contribution in [3.8, 4) is 0 Å². The van der Waals surface area contributed by atoms with Crippen LogP contribution >= 0.6 is 36.7 Å². The molecule has 0 spiro atoms. The Hall–Kier alpha value is -1.89. The van der Waals surface area contributed by atoms with Crippen molar-refractivity contribution >= 4 is 51.2 Å². The van der Waals surface area contributed by atoms with E-state index in [2.05, 4.69) is 6.92 Å². The van der Waals surface area contributed by atoms with Crippen LogP contribution in [-0.4, -0.2) is 14.6 Å². The number of aryl methyl sites for hydroxylation is 5. The van der Waals surface area contributed by atoms with Crippen LogP contribution in [0.25, 0.3) is 0 Å². The van der Waals surface area contributed by atoms with Crippen LogP contribution in [0.4, 0.5) is 0 Å². The van der Waals surface area contributed by atoms with Crippen molar-refractivity contribution in [2.45, 2.75) is 68.7 Å². The summed E-state index contributed by atoms with van der Waals surface area (Å²) in [6.45, 7) is 17.6. The molecule has 3 aromatic rings. The van der Waals surface area contributed by atoms with Crippen molar-refractivity contribution < 1.29 is 13.3 Å². The fourth-order valence-electron chi connectivity index (χ4n) is 3.35. The second kappa shape index (κ2) is 12.2. The van der Waals surface area contributed by atoms with Gasteiger partial charge in [-0.3, -0.25) is 0 Å². The monoisotopic (exact) mass is 476 g/mol. The number of hydrogen-bond donors (Lipinski definition) is 0. The molecule has 0 N–H and O–H groups in total. The normalized spacial score (nSPS) is 9.97. The first-order valence-electron chi connectivity index (χ1n) is 10.1. The predicted molar refractivity (Wildman–Crippen MR) is 141 cm³/mol. The standard InChI is InChI=1S/C10H14OS.C8H10OS.C7H8OS/c1-5-9-6(2)11-7(3)10(9)8(4)12;1-5-4-8(7(3)10)6(2)9-5;1-5-7(6(2)9)3-4-8-5/h5H2,1-4H3;4H,1-3H3;3-4H,1-2H3. The zero-order chi connectivity index (χ0) is 23.9. The molecule has 168 valence electrons. The Labute approximate surface area is 202 Å². The smallest absolute Gasteiger partial charge is 0.109 e. The second-order valence-corrected chi connectivity index (χ2v) is 9.14. The SMILES string of the molecule is CC(=S)c1cc(C)oc1C.CC(=S)c1ccoc1C.CCc1c(C)oc(C)c1C(C)=S. The fraction of sp³-hybridized carbons (Fsp3) is 0.400. The molecule has 6 heteroatoms. The van der Waals surface area contributed by atoms with Crippen molar-refractivity contribution in [1.29, 1.82) is 0 Å². The molecule has 0 fully saturated rings. The van der Waals surface area contributed by atoms with E-state index in [4.69, 9.17) is 49.9 Å². The van der Waals surface area contributed by atoms with Crippen LogP contribution in [-0.2, 0) is 6.42 Å². The Morgan fingerprint density at radius 2 is 1.32 bits per heavy atom. The highest BCUT2D eigenvalue weighted by Gasteiger charge is 2.14. The number of thiocarbonyl (C=S) groups is 3. The molecule has 3 rings (SSSR count). The van der Waals surface area contributed by atoms with Gasteiger partial charge in [0, 0.05) is 36.8 Å². The van der Waals surface area contributed by atoms with Gasteiger partial charge in [0.2, 0.25) is 0 Å². The summed E-state index contributed by atoms with van der Waals surface area (Å²) in [4.78, 5) is 2.72. The summed E-state index contributed by atoms with van der Waals surface area (Å²) < 4.78 is 15.8. The third kappa shape index (κ3) is 7.63. The summed E-state index contributed by atoms with van der Waals surface area (Å²) in [5.74, 6) is 4.72. The molecule has 3 nitrogen and oxygen atoms in total. The highest BCUT2D eigenvalue weighted by Crippen LogP contribution is 2.23. The number of furan rings is 3. The lowest BCUT2D eigenvalue weighted by Gasteiger charge is -1.98. The third-order valence-electron chi connectivity index (χ3n) is 4.75. The van der Waals surface area contributed by atoms with Gasteiger partial charge in [0.15, 0.2) is 0 Å². The van der Waals surface area contributed by atoms with Crippen LogP contribution in [0.2, 0.25) is 0 Å². The van der Waals surface area contributed by atoms with Gasteiger partial charge in [-0.15, -0.1) is 0 Å². The molecule has 0 saturated heterocycles. The summed E-state index contributed by atoms with van der Waals surface area (Å²) in [6, 6.07) is 3.86. The fourth-order valence-corrected chi connectivity index (χ4v) is 4.03. The lowest BCUT2D eigenvalue weighted by molar-refractivity contribution is 0.501. The Morgan fingerprint density at radius 3 is 1.58 bits per heavy atom. The summed E-state index contributed by atoms with van der Waals surface area (Å²) in [5.41, 5.74) is 4.52. The van der Waals surface area contributed by atoms with Gasteiger partial charge in [-0.25, -0.2) is 0 Å². The minimum atomic E-state index is 0.890. The lowest BCUT2D eigenvalue weighted by atomic mass is 10.0. The minimum Gasteiger partial charge on any atom is -0.469 e. The second-order valence-electron chi connectivity index (χ2n) is 7.31. The molecule has 0 unspecified atom stereocenters. The summed E-state index contributed by atoms with van der Waals surface area (Å²) >= 11 is 15.1. The van der Waals surface area contributed by atoms with Crippen molar-refractivity contribution in [3.05, 3.63) is 69.5 Å². The Kier molecular flexibility index (Phi) is 10.7. The summed E-state index contributed by atoms with van der Waals surface area (Å²) in [6.07, 6.45) is 2.65. The molecular formula is C25H32O3S3. The van der Waals surface area contributed by atoms with Gasteiger partial charge in [-0.2, -0.15) is 0 Å². The van der Waals surface area contributed by atoms with E-state index in [1.165, 1.54) is 5.56 Å². The van der Waals surface area contributed by atoms with E-state index in [1.807, 2.05) is 67.5 Å². The predicted octanol–water partition coefficient (Wildman–Crippen LogP) is 8.16. The van der Waals surface area contributed by atoms with Gasteiger partial charge in [-0.1, -0.05) is 43.6 Å². The topological polar surface area (TPSA) is 39.4 Å². The first-order valence-corrected chi connectivity index (χ1v) is 11.4. The van der Waals surface area contributed by atoms with Gasteiger partial charge in [0.25, 0.3) is 0 Å². The van der Waals surface area contributed by atoms with E-state index in [0.717, 1.165) is 66.5 Å². The van der Waals surface area contributed by atoms with Gasteiger partial charge < -0.3 is 13.3 Å². The molecular weight excluding hydrogens is 444 g/mol. The van der Waals surface area contributed by atoms with E-state index < -0.39 is 0 Å². The Bertz CT molecular complexity index is 1060. The molecule has 0 atom stereocenters. The first-order chi connectivity index (χ1) is 14.4. The van der Waals surface area contributed by atoms with Crippen LogP contribution in [0.5, 0.6) is 0 Å². The highest BCUT2D eigenvalue weighted by molar-refractivity contribution is 7.81. The van der Waals surface area contributed by atoms with Gasteiger partial charge in [0.1, 0.15) is 28.8 Å². The van der Waals surface area contributed by atoms with E-state index in [9.17, 15) is 0 Å². The maximum absolute atomic E-state index is 5.51. The summed E-state index contributed by atoms with van der Waals surface area (Å²) in [7, 11) is 0. The number of rotatable bonds is 4. The molecule has 0 saturated carbocycles. The zero-order valence-electron chi connectivity index (χ0n) is 19.9. The van der Waals surface area contributed by atoms with E-state index in [0.29, 0.717) is 0 Å². The largest absolute Gasteiger partial charge is 0.469 e. The molecule has 0 aliphatic heterocycles. The van der Waals surface area contributed by atoms with Crippen LogP contribution in [0.1, 0.15) is 78.7 Å². The molecule has 3 aromatic heterocycles. The quantitative estimate of drug-likeness (QED) is 0.279. The van der Waals surface area contributed by atoms with Crippen molar-refractivity contribution in [3.63, 3.8) is 0 Å². The van der Waals surface area contributed by atoms with E-state index >= 15 is 0 Å². The van der Waals surface area contributed by atoms with Crippen LogP contribution in [0.15, 0.2) is 31.6 Å². The maximum Gasteiger partial charge on any atom is 0.109 e. The molecule has 0 bridgehead atoms. The summed E-state index contributed by atoms with van der Waals surface area (Å²) in [5, 5.41) is 0. The molecule has 31 heavy (non-hydrogen) atoms. The van der Waals surface area contributed by atoms with Gasteiger partial charge >= 0.3 is 0 Å². The lowest BCUT2D eigenvalue weighted by Crippen LogP contribution is -1.96. The van der Waals surface area contributed by atoms with E-state index in [-0.39, 0.29) is 0 Å². The molecule has 0 aliphatic carbocycles. The van der Waals surface area contributed by atoms with Crippen molar-refractivity contribution in [1.82, 2.24) is 0 Å². The first kappa shape index (κ1) is 27.1. The van der Waals surface area contributed by atoms with Crippen LogP contribution < -0.4 is 0 Å². The minimum absolute atomic E-state index is 0.890. The van der Waals surface area contributed by atoms with E-state index in [1.54, 1.807) is 6.26 Å². The Morgan fingerprint density at radius 1 is 0.742 bits per heavy atom. The molecule has 0 aliphatic rings. The zero-order valence-corrected chi connectivity index (χ0v) is 22.3. The molecule has 0 radical (unpaired) electrons. The maximum atomic E-state index is 5.51.